The van der Waals surface area contributed by atoms with Crippen molar-refractivity contribution in [1.29, 1.82) is 0 Å². The van der Waals surface area contributed by atoms with Crippen LogP contribution in [0.4, 0.5) is 5.95 Å². The van der Waals surface area contributed by atoms with E-state index in [1.54, 1.807) is 11.8 Å². The van der Waals surface area contributed by atoms with Crippen LogP contribution in [-0.2, 0) is 14.3 Å². The smallest absolute Gasteiger partial charge is 0.321 e. The van der Waals surface area contributed by atoms with E-state index in [0.29, 0.717) is 12.5 Å². The number of H-pyrrole nitrogens is 1. The summed E-state index contributed by atoms with van der Waals surface area (Å²) >= 11 is 0. The van der Waals surface area contributed by atoms with Gasteiger partial charge in [0.15, 0.2) is 5.92 Å². The van der Waals surface area contributed by atoms with Gasteiger partial charge in [0.05, 0.1) is 23.7 Å². The summed E-state index contributed by atoms with van der Waals surface area (Å²) in [6.45, 7) is 4.57. The van der Waals surface area contributed by atoms with Gasteiger partial charge in [-0.05, 0) is 31.5 Å². The lowest BCUT2D eigenvalue weighted by Gasteiger charge is -2.37. The number of fused-ring (bicyclic) bond motifs is 4. The van der Waals surface area contributed by atoms with Crippen LogP contribution < -0.4 is 4.90 Å². The first kappa shape index (κ1) is 20.3. The van der Waals surface area contributed by atoms with Crippen molar-refractivity contribution >= 4 is 39.8 Å². The molecule has 0 aliphatic carbocycles. The first-order valence-electron chi connectivity index (χ1n) is 11.2. The van der Waals surface area contributed by atoms with Crippen molar-refractivity contribution < 1.29 is 14.3 Å². The third kappa shape index (κ3) is 3.07. The van der Waals surface area contributed by atoms with Crippen LogP contribution in [0.3, 0.4) is 0 Å². The maximum atomic E-state index is 13.8. The predicted molar refractivity (Wildman–Crippen MR) is 124 cm³/mol. The third-order valence-electron chi connectivity index (χ3n) is 6.16. The molecule has 2 aromatic carbocycles. The van der Waals surface area contributed by atoms with Crippen LogP contribution in [-0.4, -0.2) is 39.6 Å². The summed E-state index contributed by atoms with van der Waals surface area (Å²) in [5.41, 5.74) is 3.52. The number of para-hydroxylation sites is 3. The molecule has 1 aliphatic rings. The minimum Gasteiger partial charge on any atom is -0.465 e. The number of hydrogen-bond acceptors (Lipinski definition) is 4. The topological polar surface area (TPSA) is 80.2 Å². The normalized spacial score (nSPS) is 18.3. The van der Waals surface area contributed by atoms with E-state index in [2.05, 4.69) is 11.9 Å². The van der Waals surface area contributed by atoms with E-state index in [9.17, 15) is 9.59 Å². The Hall–Kier alpha value is -3.61. The average molecular weight is 431 g/mol. The van der Waals surface area contributed by atoms with Gasteiger partial charge < -0.3 is 14.3 Å². The van der Waals surface area contributed by atoms with Crippen LogP contribution in [0.5, 0.6) is 0 Å². The second kappa shape index (κ2) is 8.15. The fourth-order valence-electron chi connectivity index (χ4n) is 4.69. The zero-order valence-electron chi connectivity index (χ0n) is 18.2. The molecule has 2 aromatic heterocycles. The average Bonchev–Trinajstić information content (AvgIpc) is 3.40. The van der Waals surface area contributed by atoms with E-state index >= 15 is 0 Å². The number of rotatable bonds is 6. The number of amides is 1. The maximum absolute atomic E-state index is 13.8. The molecule has 32 heavy (non-hydrogen) atoms. The highest BCUT2D eigenvalue weighted by molar-refractivity contribution is 6.09. The van der Waals surface area contributed by atoms with Gasteiger partial charge in [-0.3, -0.25) is 14.5 Å². The monoisotopic (exact) mass is 430 g/mol. The number of aromatic amines is 1. The summed E-state index contributed by atoms with van der Waals surface area (Å²) in [7, 11) is 0. The van der Waals surface area contributed by atoms with Gasteiger partial charge in [-0.2, -0.15) is 0 Å². The fourth-order valence-corrected chi connectivity index (χ4v) is 4.69. The highest BCUT2D eigenvalue weighted by atomic mass is 16.5. The predicted octanol–water partition coefficient (Wildman–Crippen LogP) is 4.43. The summed E-state index contributed by atoms with van der Waals surface area (Å²) < 4.78 is 7.46. The van der Waals surface area contributed by atoms with Crippen LogP contribution in [0, 0.1) is 5.92 Å². The van der Waals surface area contributed by atoms with E-state index in [4.69, 9.17) is 9.72 Å². The van der Waals surface area contributed by atoms with Crippen LogP contribution in [0.1, 0.15) is 38.3 Å². The zero-order valence-corrected chi connectivity index (χ0v) is 18.2. The van der Waals surface area contributed by atoms with E-state index in [1.807, 2.05) is 59.3 Å². The quantitative estimate of drug-likeness (QED) is 0.362. The number of nitrogens with zero attached hydrogens (tertiary/aromatic N) is 3. The summed E-state index contributed by atoms with van der Waals surface area (Å²) in [6, 6.07) is 15.2. The summed E-state index contributed by atoms with van der Waals surface area (Å²) in [6.07, 6.45) is 3.65. The second-order valence-corrected chi connectivity index (χ2v) is 8.08. The molecule has 7 nitrogen and oxygen atoms in total. The number of hydrogen-bond donors (Lipinski definition) is 1. The number of imidazole rings is 1. The van der Waals surface area contributed by atoms with Gasteiger partial charge in [-0.25, -0.2) is 4.98 Å². The third-order valence-corrected chi connectivity index (χ3v) is 6.16. The molecule has 1 aliphatic heterocycles. The molecule has 0 saturated heterocycles. The molecule has 3 heterocycles. The van der Waals surface area contributed by atoms with Gasteiger partial charge in [0, 0.05) is 29.2 Å². The molecule has 0 radical (unpaired) electrons. The maximum Gasteiger partial charge on any atom is 0.321 e. The number of unbranched alkanes of at least 4 members (excludes halogenated alkanes) is 1. The van der Waals surface area contributed by atoms with E-state index in [-0.39, 0.29) is 12.5 Å². The number of esters is 1. The van der Waals surface area contributed by atoms with Gasteiger partial charge in [0.1, 0.15) is 0 Å². The molecule has 0 unspecified atom stereocenters. The van der Waals surface area contributed by atoms with Crippen LogP contribution >= 0.6 is 0 Å². The molecule has 164 valence electrons. The highest BCUT2D eigenvalue weighted by Crippen LogP contribution is 2.43. The van der Waals surface area contributed by atoms with E-state index in [1.165, 1.54) is 0 Å². The molecule has 1 N–H and O–H groups in total. The lowest BCUT2D eigenvalue weighted by molar-refractivity contribution is -0.153. The zero-order chi connectivity index (χ0) is 22.2. The van der Waals surface area contributed by atoms with E-state index in [0.717, 1.165) is 40.3 Å². The van der Waals surface area contributed by atoms with Crippen LogP contribution in [0.2, 0.25) is 0 Å². The molecule has 0 saturated carbocycles. The lowest BCUT2D eigenvalue weighted by Crippen LogP contribution is -2.50. The Kier molecular flexibility index (Phi) is 5.17. The first-order valence-corrected chi connectivity index (χ1v) is 11.2. The fraction of sp³-hybridized carbons (Fsp3) is 0.320. The highest BCUT2D eigenvalue weighted by Gasteiger charge is 2.48. The minimum atomic E-state index is -0.990. The number of benzene rings is 2. The molecule has 0 bridgehead atoms. The SMILES string of the molecule is CCCCN1C(=O)[C@H](C(=O)OCC)[C@@H](c2c[nH]c3ccccc23)n2c1nc1ccccc12. The summed E-state index contributed by atoms with van der Waals surface area (Å²) in [5, 5.41) is 0.977. The first-order chi connectivity index (χ1) is 15.7. The number of carbonyl (C=O) groups is 2. The van der Waals surface area contributed by atoms with Gasteiger partial charge in [0.2, 0.25) is 11.9 Å². The molecule has 7 heteroatoms. The largest absolute Gasteiger partial charge is 0.465 e. The van der Waals surface area contributed by atoms with Crippen molar-refractivity contribution in [2.75, 3.05) is 18.1 Å². The van der Waals surface area contributed by atoms with Crippen molar-refractivity contribution in [1.82, 2.24) is 14.5 Å². The second-order valence-electron chi connectivity index (χ2n) is 8.08. The Balaban J connectivity index is 1.80. The van der Waals surface area contributed by atoms with Crippen LogP contribution in [0.25, 0.3) is 21.9 Å². The van der Waals surface area contributed by atoms with E-state index < -0.39 is 17.9 Å². The Morgan fingerprint density at radius 2 is 1.91 bits per heavy atom. The van der Waals surface area contributed by atoms with Crippen molar-refractivity contribution in [3.05, 3.63) is 60.3 Å². The van der Waals surface area contributed by atoms with Gasteiger partial charge >= 0.3 is 5.97 Å². The number of anilines is 1. The number of carbonyl (C=O) groups excluding carboxylic acids is 2. The molecular weight excluding hydrogens is 404 g/mol. The van der Waals surface area contributed by atoms with Crippen molar-refractivity contribution in [2.24, 2.45) is 5.92 Å². The lowest BCUT2D eigenvalue weighted by atomic mass is 9.89. The summed E-state index contributed by atoms with van der Waals surface area (Å²) in [5.74, 6) is -1.16. The Bertz CT molecular complexity index is 1310. The minimum absolute atomic E-state index is 0.218. The van der Waals surface area contributed by atoms with Crippen molar-refractivity contribution in [3.63, 3.8) is 0 Å². The molecule has 1 amide bonds. The standard InChI is InChI=1S/C25H26N4O3/c1-3-5-14-28-23(30)21(24(31)32-4-2)22(17-15-26-18-11-7-6-10-16(17)18)29-20-13-9-8-12-19(20)27-25(28)29/h6-13,15,21-22,26H,3-5,14H2,1-2H3/t21-,22-/m1/s1. The van der Waals surface area contributed by atoms with Crippen LogP contribution in [0.15, 0.2) is 54.7 Å². The number of aromatic nitrogens is 3. The number of ether oxygens (including phenoxy) is 1. The van der Waals surface area contributed by atoms with Crippen molar-refractivity contribution in [2.45, 2.75) is 32.7 Å². The van der Waals surface area contributed by atoms with Gasteiger partial charge in [0.25, 0.3) is 0 Å². The molecular formula is C25H26N4O3. The molecule has 5 rings (SSSR count). The number of nitrogens with one attached hydrogen (secondary N) is 1. The Morgan fingerprint density at radius 3 is 2.72 bits per heavy atom. The Morgan fingerprint density at radius 1 is 1.12 bits per heavy atom. The van der Waals surface area contributed by atoms with Crippen molar-refractivity contribution in [3.8, 4) is 0 Å². The molecule has 2 atom stereocenters. The Labute approximate surface area is 186 Å². The molecule has 0 spiro atoms. The van der Waals surface area contributed by atoms with Gasteiger partial charge in [-0.1, -0.05) is 43.7 Å². The molecule has 4 aromatic rings. The molecule has 0 fully saturated rings. The summed E-state index contributed by atoms with van der Waals surface area (Å²) in [4.78, 5) is 36.8. The van der Waals surface area contributed by atoms with Gasteiger partial charge in [-0.15, -0.1) is 0 Å².